The number of aliphatic hydroxyl groups excluding tert-OH is 1. The molecule has 0 heterocycles. The SMILES string of the molecule is NCCC(N)C(O)O. The minimum atomic E-state index is -1.43. The molecular weight excluding hydrogens is 108 g/mol. The standard InChI is InChI=1S/C4H12N2O2/c5-2-1-3(6)4(7)8/h3-4,7-8H,1-2,5-6H2. The monoisotopic (exact) mass is 120 g/mol. The zero-order valence-corrected chi connectivity index (χ0v) is 4.62. The summed E-state index contributed by atoms with van der Waals surface area (Å²) in [6.45, 7) is 0.388. The average Bonchev–Trinajstić information content (AvgIpc) is 1.67. The van der Waals surface area contributed by atoms with E-state index in [1.54, 1.807) is 0 Å². The van der Waals surface area contributed by atoms with E-state index < -0.39 is 12.3 Å². The van der Waals surface area contributed by atoms with Crippen LogP contribution in [0.1, 0.15) is 6.42 Å². The summed E-state index contributed by atoms with van der Waals surface area (Å²) in [6, 6.07) is -0.597. The number of rotatable bonds is 3. The smallest absolute Gasteiger partial charge is 0.166 e. The van der Waals surface area contributed by atoms with Gasteiger partial charge in [0.2, 0.25) is 0 Å². The van der Waals surface area contributed by atoms with E-state index in [1.165, 1.54) is 0 Å². The van der Waals surface area contributed by atoms with Gasteiger partial charge in [0, 0.05) is 0 Å². The Hall–Kier alpha value is -0.160. The van der Waals surface area contributed by atoms with Gasteiger partial charge in [0.05, 0.1) is 6.04 Å². The van der Waals surface area contributed by atoms with Gasteiger partial charge in [0.25, 0.3) is 0 Å². The lowest BCUT2D eigenvalue weighted by Crippen LogP contribution is -2.36. The zero-order valence-electron chi connectivity index (χ0n) is 4.62. The van der Waals surface area contributed by atoms with Gasteiger partial charge in [-0.2, -0.15) is 0 Å². The summed E-state index contributed by atoms with van der Waals surface area (Å²) in [5, 5.41) is 16.7. The van der Waals surface area contributed by atoms with Crippen molar-refractivity contribution in [1.82, 2.24) is 0 Å². The van der Waals surface area contributed by atoms with Crippen molar-refractivity contribution in [2.45, 2.75) is 18.8 Å². The van der Waals surface area contributed by atoms with E-state index in [-0.39, 0.29) is 0 Å². The number of hydrogen-bond acceptors (Lipinski definition) is 4. The molecule has 8 heavy (non-hydrogen) atoms. The largest absolute Gasteiger partial charge is 0.367 e. The fourth-order valence-electron chi connectivity index (χ4n) is 0.342. The summed E-state index contributed by atoms with van der Waals surface area (Å²) in [7, 11) is 0. The minimum Gasteiger partial charge on any atom is -0.367 e. The van der Waals surface area contributed by atoms with Crippen molar-refractivity contribution in [2.24, 2.45) is 11.5 Å². The first-order valence-corrected chi connectivity index (χ1v) is 2.50. The molecule has 0 rings (SSSR count). The Bertz CT molecular complexity index is 58.0. The van der Waals surface area contributed by atoms with Crippen LogP contribution in [0.3, 0.4) is 0 Å². The minimum absolute atomic E-state index is 0.388. The van der Waals surface area contributed by atoms with Crippen molar-refractivity contribution in [1.29, 1.82) is 0 Å². The van der Waals surface area contributed by atoms with Crippen LogP contribution in [0.25, 0.3) is 0 Å². The molecule has 4 heteroatoms. The number of aliphatic hydroxyl groups is 2. The lowest BCUT2D eigenvalue weighted by molar-refractivity contribution is -0.0590. The Balaban J connectivity index is 3.17. The molecule has 4 nitrogen and oxygen atoms in total. The van der Waals surface area contributed by atoms with Gasteiger partial charge in [-0.3, -0.25) is 0 Å². The van der Waals surface area contributed by atoms with E-state index in [0.717, 1.165) is 0 Å². The van der Waals surface area contributed by atoms with Crippen molar-refractivity contribution in [3.63, 3.8) is 0 Å². The highest BCUT2D eigenvalue weighted by molar-refractivity contribution is 4.61. The van der Waals surface area contributed by atoms with Crippen LogP contribution >= 0.6 is 0 Å². The van der Waals surface area contributed by atoms with Crippen LogP contribution in [-0.4, -0.2) is 29.1 Å². The Labute approximate surface area is 48.1 Å². The normalized spacial score (nSPS) is 14.6. The summed E-state index contributed by atoms with van der Waals surface area (Å²) in [4.78, 5) is 0. The van der Waals surface area contributed by atoms with Gasteiger partial charge in [0.1, 0.15) is 0 Å². The maximum atomic E-state index is 8.33. The quantitative estimate of drug-likeness (QED) is 0.323. The molecule has 1 atom stereocenters. The Kier molecular flexibility index (Phi) is 3.72. The van der Waals surface area contributed by atoms with E-state index >= 15 is 0 Å². The third-order valence-corrected chi connectivity index (χ3v) is 0.883. The second kappa shape index (κ2) is 3.80. The molecule has 0 saturated heterocycles. The fourth-order valence-corrected chi connectivity index (χ4v) is 0.342. The fraction of sp³-hybridized carbons (Fsp3) is 1.00. The predicted octanol–water partition coefficient (Wildman–Crippen LogP) is -2.03. The molecule has 0 aromatic heterocycles. The van der Waals surface area contributed by atoms with Crippen LogP contribution in [0, 0.1) is 0 Å². The Morgan fingerprint density at radius 2 is 1.88 bits per heavy atom. The third-order valence-electron chi connectivity index (χ3n) is 0.883. The molecule has 0 saturated carbocycles. The molecule has 0 fully saturated rings. The molecule has 0 aliphatic heterocycles. The summed E-state index contributed by atoms with van der Waals surface area (Å²) in [5.41, 5.74) is 10.2. The predicted molar refractivity (Wildman–Crippen MR) is 29.9 cm³/mol. The first-order valence-electron chi connectivity index (χ1n) is 2.50. The molecule has 0 radical (unpaired) electrons. The first-order chi connectivity index (χ1) is 3.68. The van der Waals surface area contributed by atoms with Gasteiger partial charge >= 0.3 is 0 Å². The van der Waals surface area contributed by atoms with Crippen LogP contribution in [0.15, 0.2) is 0 Å². The van der Waals surface area contributed by atoms with E-state index in [4.69, 9.17) is 21.7 Å². The second-order valence-electron chi connectivity index (χ2n) is 1.65. The van der Waals surface area contributed by atoms with Crippen LogP contribution < -0.4 is 11.5 Å². The summed E-state index contributed by atoms with van der Waals surface area (Å²) in [5.74, 6) is 0. The molecule has 0 amide bonds. The van der Waals surface area contributed by atoms with Crippen LogP contribution in [-0.2, 0) is 0 Å². The van der Waals surface area contributed by atoms with Crippen LogP contribution in [0.5, 0.6) is 0 Å². The van der Waals surface area contributed by atoms with Gasteiger partial charge in [-0.25, -0.2) is 0 Å². The molecule has 0 aliphatic rings. The van der Waals surface area contributed by atoms with Gasteiger partial charge in [0.15, 0.2) is 6.29 Å². The molecule has 6 N–H and O–H groups in total. The molecule has 0 spiro atoms. The zero-order chi connectivity index (χ0) is 6.57. The van der Waals surface area contributed by atoms with Crippen molar-refractivity contribution in [3.8, 4) is 0 Å². The maximum absolute atomic E-state index is 8.33. The second-order valence-corrected chi connectivity index (χ2v) is 1.65. The van der Waals surface area contributed by atoms with E-state index in [1.807, 2.05) is 0 Å². The lowest BCUT2D eigenvalue weighted by Gasteiger charge is -2.10. The molecule has 0 aliphatic carbocycles. The van der Waals surface area contributed by atoms with Crippen molar-refractivity contribution in [2.75, 3.05) is 6.54 Å². The molecule has 1 unspecified atom stereocenters. The van der Waals surface area contributed by atoms with Crippen molar-refractivity contribution >= 4 is 0 Å². The number of nitrogens with two attached hydrogens (primary N) is 2. The lowest BCUT2D eigenvalue weighted by atomic mass is 10.2. The Morgan fingerprint density at radius 3 is 2.00 bits per heavy atom. The van der Waals surface area contributed by atoms with Gasteiger partial charge < -0.3 is 21.7 Å². The summed E-state index contributed by atoms with van der Waals surface area (Å²) >= 11 is 0. The van der Waals surface area contributed by atoms with Crippen LogP contribution in [0.4, 0.5) is 0 Å². The third kappa shape index (κ3) is 2.92. The molecular formula is C4H12N2O2. The molecule has 50 valence electrons. The average molecular weight is 120 g/mol. The summed E-state index contributed by atoms with van der Waals surface area (Å²) < 4.78 is 0. The highest BCUT2D eigenvalue weighted by atomic mass is 16.5. The molecule has 0 aromatic rings. The number of hydrogen-bond donors (Lipinski definition) is 4. The highest BCUT2D eigenvalue weighted by Crippen LogP contribution is 1.88. The summed E-state index contributed by atoms with van der Waals surface area (Å²) in [6.07, 6.45) is -0.990. The van der Waals surface area contributed by atoms with Gasteiger partial charge in [-0.05, 0) is 13.0 Å². The molecule has 0 bridgehead atoms. The van der Waals surface area contributed by atoms with E-state index in [9.17, 15) is 0 Å². The van der Waals surface area contributed by atoms with Crippen LogP contribution in [0.2, 0.25) is 0 Å². The van der Waals surface area contributed by atoms with Gasteiger partial charge in [-0.15, -0.1) is 0 Å². The maximum Gasteiger partial charge on any atom is 0.166 e. The highest BCUT2D eigenvalue weighted by Gasteiger charge is 2.07. The van der Waals surface area contributed by atoms with Crippen molar-refractivity contribution in [3.05, 3.63) is 0 Å². The van der Waals surface area contributed by atoms with Crippen molar-refractivity contribution < 1.29 is 10.2 Å². The van der Waals surface area contributed by atoms with Gasteiger partial charge in [-0.1, -0.05) is 0 Å². The van der Waals surface area contributed by atoms with E-state index in [2.05, 4.69) is 0 Å². The molecule has 0 aromatic carbocycles. The van der Waals surface area contributed by atoms with E-state index in [0.29, 0.717) is 13.0 Å². The Morgan fingerprint density at radius 1 is 1.38 bits per heavy atom. The topological polar surface area (TPSA) is 92.5 Å². The first kappa shape index (κ1) is 7.84.